The first-order chi connectivity index (χ1) is 11.6. The number of imidazole rings is 1. The summed E-state index contributed by atoms with van der Waals surface area (Å²) in [6, 6.07) is 0. The van der Waals surface area contributed by atoms with Crippen LogP contribution in [0.15, 0.2) is 18.6 Å². The summed E-state index contributed by atoms with van der Waals surface area (Å²) in [6.07, 6.45) is 9.13. The van der Waals surface area contributed by atoms with Gasteiger partial charge in [0.1, 0.15) is 11.5 Å². The van der Waals surface area contributed by atoms with E-state index < -0.39 is 0 Å². The average molecular weight is 327 g/mol. The highest BCUT2D eigenvalue weighted by atomic mass is 16.2. The second-order valence-electron chi connectivity index (χ2n) is 6.55. The molecule has 0 aromatic carbocycles. The molecule has 3 heterocycles. The fourth-order valence-electron chi connectivity index (χ4n) is 3.35. The van der Waals surface area contributed by atoms with Crippen molar-refractivity contribution in [2.24, 2.45) is 13.0 Å². The molecular weight excluding hydrogens is 302 g/mol. The van der Waals surface area contributed by atoms with Crippen LogP contribution in [-0.4, -0.2) is 43.4 Å². The Balaban J connectivity index is 1.73. The van der Waals surface area contributed by atoms with Gasteiger partial charge in [0, 0.05) is 32.8 Å². The molecule has 0 unspecified atom stereocenters. The van der Waals surface area contributed by atoms with Gasteiger partial charge in [-0.2, -0.15) is 0 Å². The number of rotatable bonds is 4. The Labute approximate surface area is 142 Å². The van der Waals surface area contributed by atoms with Crippen LogP contribution in [0.4, 0.5) is 0 Å². The zero-order chi connectivity index (χ0) is 17.1. The highest BCUT2D eigenvalue weighted by molar-refractivity contribution is 5.75. The molecule has 0 radical (unpaired) electrons. The lowest BCUT2D eigenvalue weighted by Gasteiger charge is -2.32. The zero-order valence-corrected chi connectivity index (χ0v) is 14.7. The first kappa shape index (κ1) is 16.6. The molecule has 0 bridgehead atoms. The number of piperidine rings is 1. The number of carbonyl (C=O) groups excluding carboxylic acids is 1. The minimum absolute atomic E-state index is 0.255. The third-order valence-corrected chi connectivity index (χ3v) is 4.84. The zero-order valence-electron chi connectivity index (χ0n) is 14.7. The standard InChI is InChI=1S/C18H25N5O/c1-4-18(24)23-7-5-6-14(12-23)8-15-9-19-10-16(21-15)17-11-20-13(2)22(17)3/h9-11,14H,4-8,12H2,1-3H3/t14-/m1/s1. The summed E-state index contributed by atoms with van der Waals surface area (Å²) in [5, 5.41) is 0. The first-order valence-electron chi connectivity index (χ1n) is 8.66. The van der Waals surface area contributed by atoms with E-state index >= 15 is 0 Å². The van der Waals surface area contributed by atoms with Gasteiger partial charge in [0.25, 0.3) is 0 Å². The van der Waals surface area contributed by atoms with Crippen LogP contribution in [-0.2, 0) is 18.3 Å². The smallest absolute Gasteiger partial charge is 0.222 e. The molecule has 3 rings (SSSR count). The topological polar surface area (TPSA) is 63.9 Å². The summed E-state index contributed by atoms with van der Waals surface area (Å²) in [4.78, 5) is 27.4. The van der Waals surface area contributed by atoms with Gasteiger partial charge in [0.15, 0.2) is 0 Å². The molecule has 6 nitrogen and oxygen atoms in total. The van der Waals surface area contributed by atoms with Gasteiger partial charge in [-0.25, -0.2) is 9.97 Å². The maximum atomic E-state index is 11.9. The lowest BCUT2D eigenvalue weighted by atomic mass is 9.93. The summed E-state index contributed by atoms with van der Waals surface area (Å²) in [7, 11) is 1.99. The van der Waals surface area contributed by atoms with E-state index in [4.69, 9.17) is 4.98 Å². The van der Waals surface area contributed by atoms with Crippen molar-refractivity contribution in [2.75, 3.05) is 13.1 Å². The van der Waals surface area contributed by atoms with Crippen LogP contribution >= 0.6 is 0 Å². The number of carbonyl (C=O) groups is 1. The van der Waals surface area contributed by atoms with Gasteiger partial charge in [-0.15, -0.1) is 0 Å². The van der Waals surface area contributed by atoms with Crippen LogP contribution < -0.4 is 0 Å². The van der Waals surface area contributed by atoms with Crippen molar-refractivity contribution in [3.05, 3.63) is 30.1 Å². The average Bonchev–Trinajstić information content (AvgIpc) is 2.94. The molecule has 0 aliphatic carbocycles. The fourth-order valence-corrected chi connectivity index (χ4v) is 3.35. The van der Waals surface area contributed by atoms with Gasteiger partial charge >= 0.3 is 0 Å². The number of amides is 1. The van der Waals surface area contributed by atoms with Crippen molar-refractivity contribution in [3.8, 4) is 11.4 Å². The lowest BCUT2D eigenvalue weighted by molar-refractivity contribution is -0.132. The molecule has 1 fully saturated rings. The molecule has 6 heteroatoms. The van der Waals surface area contributed by atoms with Gasteiger partial charge in [-0.1, -0.05) is 6.92 Å². The van der Waals surface area contributed by atoms with Gasteiger partial charge < -0.3 is 9.47 Å². The summed E-state index contributed by atoms with van der Waals surface area (Å²) in [6.45, 7) is 5.63. The fraction of sp³-hybridized carbons (Fsp3) is 0.556. The van der Waals surface area contributed by atoms with Crippen LogP contribution in [0.5, 0.6) is 0 Å². The predicted octanol–water partition coefficient (Wildman–Crippen LogP) is 2.38. The normalized spacial score (nSPS) is 18.0. The minimum Gasteiger partial charge on any atom is -0.342 e. The molecule has 2 aromatic heterocycles. The molecule has 2 aromatic rings. The van der Waals surface area contributed by atoms with Crippen molar-refractivity contribution in [3.63, 3.8) is 0 Å². The molecule has 1 atom stereocenters. The molecule has 1 amide bonds. The molecule has 128 valence electrons. The van der Waals surface area contributed by atoms with Gasteiger partial charge in [0.05, 0.1) is 23.8 Å². The van der Waals surface area contributed by atoms with Crippen LogP contribution in [0, 0.1) is 12.8 Å². The number of aryl methyl sites for hydroxylation is 1. The Morgan fingerprint density at radius 1 is 1.33 bits per heavy atom. The Kier molecular flexibility index (Phi) is 4.92. The Hall–Kier alpha value is -2.24. The third kappa shape index (κ3) is 3.47. The predicted molar refractivity (Wildman–Crippen MR) is 92.3 cm³/mol. The Morgan fingerprint density at radius 3 is 2.88 bits per heavy atom. The number of hydrogen-bond acceptors (Lipinski definition) is 4. The molecule has 0 N–H and O–H groups in total. The van der Waals surface area contributed by atoms with Crippen molar-refractivity contribution in [2.45, 2.75) is 39.5 Å². The monoisotopic (exact) mass is 327 g/mol. The number of hydrogen-bond donors (Lipinski definition) is 0. The summed E-state index contributed by atoms with van der Waals surface area (Å²) in [5.74, 6) is 1.68. The number of likely N-dealkylation sites (tertiary alicyclic amines) is 1. The molecule has 0 spiro atoms. The van der Waals surface area contributed by atoms with Gasteiger partial charge in [-0.3, -0.25) is 9.78 Å². The van der Waals surface area contributed by atoms with Crippen molar-refractivity contribution < 1.29 is 4.79 Å². The number of aromatic nitrogens is 4. The van der Waals surface area contributed by atoms with E-state index in [2.05, 4.69) is 9.97 Å². The maximum absolute atomic E-state index is 11.9. The minimum atomic E-state index is 0.255. The molecule has 1 saturated heterocycles. The molecule has 1 aliphatic heterocycles. The third-order valence-electron chi connectivity index (χ3n) is 4.84. The lowest BCUT2D eigenvalue weighted by Crippen LogP contribution is -2.40. The van der Waals surface area contributed by atoms with E-state index in [0.717, 1.165) is 55.3 Å². The van der Waals surface area contributed by atoms with Gasteiger partial charge in [0.2, 0.25) is 5.91 Å². The van der Waals surface area contributed by atoms with Crippen LogP contribution in [0.25, 0.3) is 11.4 Å². The Morgan fingerprint density at radius 2 is 2.17 bits per heavy atom. The van der Waals surface area contributed by atoms with Crippen LogP contribution in [0.1, 0.15) is 37.7 Å². The molecular formula is C18H25N5O. The summed E-state index contributed by atoms with van der Waals surface area (Å²) in [5.41, 5.74) is 2.82. The summed E-state index contributed by atoms with van der Waals surface area (Å²) >= 11 is 0. The summed E-state index contributed by atoms with van der Waals surface area (Å²) < 4.78 is 2.02. The van der Waals surface area contributed by atoms with E-state index in [0.29, 0.717) is 12.3 Å². The van der Waals surface area contributed by atoms with E-state index in [-0.39, 0.29) is 5.91 Å². The molecule has 1 aliphatic rings. The highest BCUT2D eigenvalue weighted by Crippen LogP contribution is 2.22. The quantitative estimate of drug-likeness (QED) is 0.865. The largest absolute Gasteiger partial charge is 0.342 e. The van der Waals surface area contributed by atoms with E-state index in [1.54, 1.807) is 6.20 Å². The van der Waals surface area contributed by atoms with Gasteiger partial charge in [-0.05, 0) is 32.1 Å². The molecule has 24 heavy (non-hydrogen) atoms. The second-order valence-corrected chi connectivity index (χ2v) is 6.55. The molecule has 0 saturated carbocycles. The maximum Gasteiger partial charge on any atom is 0.222 e. The van der Waals surface area contributed by atoms with E-state index in [1.807, 2.05) is 42.8 Å². The van der Waals surface area contributed by atoms with Crippen LogP contribution in [0.3, 0.4) is 0 Å². The number of nitrogens with zero attached hydrogens (tertiary/aromatic N) is 5. The van der Waals surface area contributed by atoms with E-state index in [1.165, 1.54) is 0 Å². The van der Waals surface area contributed by atoms with Crippen LogP contribution in [0.2, 0.25) is 0 Å². The second kappa shape index (κ2) is 7.11. The van der Waals surface area contributed by atoms with Crippen molar-refractivity contribution >= 4 is 5.91 Å². The SMILES string of the molecule is CCC(=O)N1CCC[C@H](Cc2cncc(-c3cnc(C)n3C)n2)C1. The Bertz CT molecular complexity index is 724. The highest BCUT2D eigenvalue weighted by Gasteiger charge is 2.23. The van der Waals surface area contributed by atoms with E-state index in [9.17, 15) is 4.79 Å². The van der Waals surface area contributed by atoms with Crippen molar-refractivity contribution in [1.29, 1.82) is 0 Å². The van der Waals surface area contributed by atoms with Crippen molar-refractivity contribution in [1.82, 2.24) is 24.4 Å². The first-order valence-corrected chi connectivity index (χ1v) is 8.66.